The zero-order valence-electron chi connectivity index (χ0n) is 19.9. The molecule has 6 nitrogen and oxygen atoms in total. The minimum atomic E-state index is -0.208. The zero-order chi connectivity index (χ0) is 23.8. The lowest BCUT2D eigenvalue weighted by Crippen LogP contribution is -2.16. The molecule has 2 aromatic carbocycles. The Hall–Kier alpha value is -3.38. The van der Waals surface area contributed by atoms with Crippen molar-refractivity contribution in [3.8, 4) is 17.2 Å². The predicted molar refractivity (Wildman–Crippen MR) is 130 cm³/mol. The average Bonchev–Trinajstić information content (AvgIpc) is 2.79. The Labute approximate surface area is 195 Å². The Morgan fingerprint density at radius 1 is 0.909 bits per heavy atom. The van der Waals surface area contributed by atoms with Gasteiger partial charge in [0.15, 0.2) is 0 Å². The van der Waals surface area contributed by atoms with Crippen LogP contribution in [0.4, 0.5) is 5.69 Å². The molecule has 0 spiro atoms. The van der Waals surface area contributed by atoms with Crippen LogP contribution in [0, 0.1) is 6.92 Å². The molecule has 0 aliphatic rings. The highest BCUT2D eigenvalue weighted by molar-refractivity contribution is 6.05. The summed E-state index contributed by atoms with van der Waals surface area (Å²) < 4.78 is 17.2. The van der Waals surface area contributed by atoms with Crippen molar-refractivity contribution >= 4 is 11.6 Å². The van der Waals surface area contributed by atoms with Gasteiger partial charge in [-0.1, -0.05) is 6.92 Å². The first kappa shape index (κ1) is 24.3. The van der Waals surface area contributed by atoms with E-state index in [1.807, 2.05) is 82.3 Å². The smallest absolute Gasteiger partial charge is 0.257 e. The van der Waals surface area contributed by atoms with Crippen molar-refractivity contribution in [3.05, 3.63) is 77.6 Å². The maximum atomic E-state index is 12.8. The van der Waals surface area contributed by atoms with Crippen LogP contribution in [-0.4, -0.2) is 23.6 Å². The van der Waals surface area contributed by atoms with Crippen LogP contribution in [0.25, 0.3) is 0 Å². The van der Waals surface area contributed by atoms with Crippen molar-refractivity contribution in [2.45, 2.75) is 53.2 Å². The fourth-order valence-corrected chi connectivity index (χ4v) is 3.29. The Morgan fingerprint density at radius 3 is 2.09 bits per heavy atom. The molecule has 6 heteroatoms. The summed E-state index contributed by atoms with van der Waals surface area (Å²) in [6.07, 6.45) is 0.944. The van der Waals surface area contributed by atoms with Crippen LogP contribution in [0.5, 0.6) is 17.2 Å². The van der Waals surface area contributed by atoms with Crippen LogP contribution in [-0.2, 0) is 4.74 Å². The summed E-state index contributed by atoms with van der Waals surface area (Å²) in [5.74, 6) is 2.01. The van der Waals surface area contributed by atoms with Gasteiger partial charge in [0.05, 0.1) is 35.8 Å². The molecule has 0 saturated heterocycles. The minimum absolute atomic E-state index is 0.108. The number of pyridine rings is 1. The number of hydrogen-bond donors (Lipinski definition) is 1. The van der Waals surface area contributed by atoms with Crippen LogP contribution in [0.3, 0.4) is 0 Å². The lowest BCUT2D eigenvalue weighted by Gasteiger charge is -2.17. The number of anilines is 1. The van der Waals surface area contributed by atoms with Crippen LogP contribution < -0.4 is 14.8 Å². The molecule has 0 bridgehead atoms. The van der Waals surface area contributed by atoms with Gasteiger partial charge in [-0.2, -0.15) is 0 Å². The summed E-state index contributed by atoms with van der Waals surface area (Å²) in [5.41, 5.74) is 2.68. The highest BCUT2D eigenvalue weighted by Gasteiger charge is 2.15. The molecule has 0 fully saturated rings. The third-order valence-electron chi connectivity index (χ3n) is 4.89. The Bertz CT molecular complexity index is 1050. The van der Waals surface area contributed by atoms with Crippen molar-refractivity contribution < 1.29 is 19.0 Å². The average molecular weight is 449 g/mol. The SMILES string of the molecule is CCCOc1ccc(Oc2ccc(NC(=O)c3ccc(C(C)OC(C)C)nc3C)cc2)cc1. The fourth-order valence-electron chi connectivity index (χ4n) is 3.29. The van der Waals surface area contributed by atoms with Gasteiger partial charge in [0, 0.05) is 5.69 Å². The van der Waals surface area contributed by atoms with Gasteiger partial charge in [0.25, 0.3) is 5.91 Å². The molecule has 1 amide bonds. The number of aromatic nitrogens is 1. The summed E-state index contributed by atoms with van der Waals surface area (Å²) >= 11 is 0. The van der Waals surface area contributed by atoms with Crippen molar-refractivity contribution in [1.82, 2.24) is 4.98 Å². The van der Waals surface area contributed by atoms with E-state index in [4.69, 9.17) is 14.2 Å². The molecule has 174 valence electrons. The number of aryl methyl sites for hydroxylation is 1. The van der Waals surface area contributed by atoms with E-state index in [1.165, 1.54) is 0 Å². The summed E-state index contributed by atoms with van der Waals surface area (Å²) in [4.78, 5) is 17.3. The van der Waals surface area contributed by atoms with Gasteiger partial charge in [-0.25, -0.2) is 0 Å². The third kappa shape index (κ3) is 7.05. The number of carbonyl (C=O) groups is 1. The van der Waals surface area contributed by atoms with E-state index in [1.54, 1.807) is 6.07 Å². The minimum Gasteiger partial charge on any atom is -0.494 e. The first-order valence-corrected chi connectivity index (χ1v) is 11.3. The van der Waals surface area contributed by atoms with Gasteiger partial charge in [-0.15, -0.1) is 0 Å². The van der Waals surface area contributed by atoms with E-state index in [9.17, 15) is 4.79 Å². The van der Waals surface area contributed by atoms with Gasteiger partial charge in [-0.05, 0) is 94.8 Å². The molecule has 3 rings (SSSR count). The van der Waals surface area contributed by atoms with Crippen LogP contribution in [0.1, 0.15) is 62.0 Å². The van der Waals surface area contributed by atoms with E-state index in [-0.39, 0.29) is 18.1 Å². The standard InChI is InChI=1S/C27H32N2O4/c1-6-17-31-22-11-13-24(14-12-22)33-23-9-7-21(8-10-23)29-27(30)25-15-16-26(28-19(25)4)20(5)32-18(2)3/h7-16,18,20H,6,17H2,1-5H3,(H,29,30). The molecule has 0 radical (unpaired) electrons. The number of rotatable bonds is 10. The maximum Gasteiger partial charge on any atom is 0.257 e. The lowest BCUT2D eigenvalue weighted by molar-refractivity contribution is 0.0154. The molecule has 3 aromatic rings. The topological polar surface area (TPSA) is 69.7 Å². The molecule has 0 aliphatic heterocycles. The van der Waals surface area contributed by atoms with E-state index in [0.717, 1.165) is 17.9 Å². The third-order valence-corrected chi connectivity index (χ3v) is 4.89. The normalized spacial score (nSPS) is 11.8. The number of ether oxygens (including phenoxy) is 3. The molecule has 1 unspecified atom stereocenters. The van der Waals surface area contributed by atoms with E-state index < -0.39 is 0 Å². The van der Waals surface area contributed by atoms with Crippen LogP contribution in [0.2, 0.25) is 0 Å². The second-order valence-corrected chi connectivity index (χ2v) is 8.10. The summed E-state index contributed by atoms with van der Waals surface area (Å²) in [7, 11) is 0. The molecule has 0 aliphatic carbocycles. The van der Waals surface area contributed by atoms with Gasteiger partial charge in [0.2, 0.25) is 0 Å². The number of nitrogens with zero attached hydrogens (tertiary/aromatic N) is 1. The molecule has 1 heterocycles. The summed E-state index contributed by atoms with van der Waals surface area (Å²) in [5, 5.41) is 2.92. The maximum absolute atomic E-state index is 12.8. The van der Waals surface area contributed by atoms with Crippen LogP contribution in [0.15, 0.2) is 60.7 Å². The van der Waals surface area contributed by atoms with Gasteiger partial charge in [-0.3, -0.25) is 9.78 Å². The van der Waals surface area contributed by atoms with Gasteiger partial charge < -0.3 is 19.5 Å². The van der Waals surface area contributed by atoms with E-state index in [2.05, 4.69) is 17.2 Å². The first-order valence-electron chi connectivity index (χ1n) is 11.3. The number of hydrogen-bond acceptors (Lipinski definition) is 5. The van der Waals surface area contributed by atoms with E-state index >= 15 is 0 Å². The molecule has 1 aromatic heterocycles. The number of carbonyl (C=O) groups excluding carboxylic acids is 1. The Balaban J connectivity index is 1.59. The molecular formula is C27H32N2O4. The van der Waals surface area contributed by atoms with Gasteiger partial charge in [0.1, 0.15) is 17.2 Å². The van der Waals surface area contributed by atoms with E-state index in [0.29, 0.717) is 35.1 Å². The fraction of sp³-hybridized carbons (Fsp3) is 0.333. The molecule has 1 atom stereocenters. The molecule has 1 N–H and O–H groups in total. The lowest BCUT2D eigenvalue weighted by atomic mass is 10.1. The second kappa shape index (κ2) is 11.5. The van der Waals surface area contributed by atoms with Crippen molar-refractivity contribution in [2.24, 2.45) is 0 Å². The molecule has 0 saturated carbocycles. The molecule has 33 heavy (non-hydrogen) atoms. The number of nitrogens with one attached hydrogen (secondary N) is 1. The second-order valence-electron chi connectivity index (χ2n) is 8.10. The summed E-state index contributed by atoms with van der Waals surface area (Å²) in [6, 6.07) is 18.4. The van der Waals surface area contributed by atoms with Gasteiger partial charge >= 0.3 is 0 Å². The van der Waals surface area contributed by atoms with Crippen molar-refractivity contribution in [1.29, 1.82) is 0 Å². The largest absolute Gasteiger partial charge is 0.494 e. The summed E-state index contributed by atoms with van der Waals surface area (Å²) in [6.45, 7) is 10.5. The highest BCUT2D eigenvalue weighted by atomic mass is 16.5. The predicted octanol–water partition coefficient (Wildman–Crippen LogP) is 6.71. The van der Waals surface area contributed by atoms with Crippen molar-refractivity contribution in [2.75, 3.05) is 11.9 Å². The van der Waals surface area contributed by atoms with Crippen molar-refractivity contribution in [3.63, 3.8) is 0 Å². The quantitative estimate of drug-likeness (QED) is 0.373. The molecular weight excluding hydrogens is 416 g/mol. The Kier molecular flexibility index (Phi) is 8.44. The Morgan fingerprint density at radius 2 is 1.52 bits per heavy atom. The highest BCUT2D eigenvalue weighted by Crippen LogP contribution is 2.26. The first-order chi connectivity index (χ1) is 15.9. The van der Waals surface area contributed by atoms with Crippen LogP contribution >= 0.6 is 0 Å². The number of benzene rings is 2. The monoisotopic (exact) mass is 448 g/mol. The number of amides is 1. The zero-order valence-corrected chi connectivity index (χ0v) is 19.9.